The first-order chi connectivity index (χ1) is 13.7. The van der Waals surface area contributed by atoms with Crippen molar-refractivity contribution in [2.45, 2.75) is 25.7 Å². The van der Waals surface area contributed by atoms with E-state index in [4.69, 9.17) is 0 Å². The van der Waals surface area contributed by atoms with Crippen LogP contribution in [-0.4, -0.2) is 38.7 Å². The molecular weight excluding hydrogens is 375 g/mol. The quantitative estimate of drug-likeness (QED) is 0.659. The van der Waals surface area contributed by atoms with Gasteiger partial charge in [0, 0.05) is 13.1 Å². The number of hydrogen-bond acceptors (Lipinski definition) is 4. The molecule has 28 heavy (non-hydrogen) atoms. The summed E-state index contributed by atoms with van der Waals surface area (Å²) in [6.45, 7) is 1.60. The molecule has 5 nitrogen and oxygen atoms in total. The summed E-state index contributed by atoms with van der Waals surface area (Å²) in [6.07, 6.45) is 4.93. The summed E-state index contributed by atoms with van der Waals surface area (Å²) in [5.41, 5.74) is 0.687. The zero-order chi connectivity index (χ0) is 19.1. The molecule has 2 bridgehead atoms. The fraction of sp³-hybridized carbons (Fsp3) is 0.381. The molecule has 1 aliphatic carbocycles. The van der Waals surface area contributed by atoms with E-state index in [0.717, 1.165) is 18.0 Å². The van der Waals surface area contributed by atoms with E-state index in [1.54, 1.807) is 16.8 Å². The highest BCUT2D eigenvalue weighted by atomic mass is 32.1. The Morgan fingerprint density at radius 1 is 1.11 bits per heavy atom. The van der Waals surface area contributed by atoms with E-state index in [2.05, 4.69) is 10.1 Å². The maximum atomic E-state index is 13.4. The average Bonchev–Trinajstić information content (AvgIpc) is 3.37. The molecule has 2 unspecified atom stereocenters. The van der Waals surface area contributed by atoms with E-state index in [9.17, 15) is 9.18 Å². The molecule has 3 aromatic rings. The summed E-state index contributed by atoms with van der Waals surface area (Å²) in [6, 6.07) is 9.98. The Morgan fingerprint density at radius 2 is 1.86 bits per heavy atom. The van der Waals surface area contributed by atoms with Crippen molar-refractivity contribution in [3.05, 3.63) is 53.4 Å². The minimum Gasteiger partial charge on any atom is -0.335 e. The number of halogens is 1. The first-order valence-corrected chi connectivity index (χ1v) is 10.6. The molecule has 1 saturated heterocycles. The molecule has 2 atom stereocenters. The van der Waals surface area contributed by atoms with Gasteiger partial charge in [-0.05, 0) is 66.8 Å². The van der Waals surface area contributed by atoms with Crippen molar-refractivity contribution in [3.8, 4) is 16.4 Å². The second kappa shape index (κ2) is 7.13. The smallest absolute Gasteiger partial charge is 0.293 e. The van der Waals surface area contributed by atoms with E-state index in [1.165, 1.54) is 49.2 Å². The molecule has 1 saturated carbocycles. The summed E-state index contributed by atoms with van der Waals surface area (Å²) < 4.78 is 15.0. The number of thiophene rings is 1. The first-order valence-electron chi connectivity index (χ1n) is 9.73. The minimum atomic E-state index is -0.308. The van der Waals surface area contributed by atoms with Gasteiger partial charge in [-0.2, -0.15) is 0 Å². The standard InChI is InChI=1S/C21H21FN4OS/c22-16-6-8-17(9-7-16)26-20(18-5-2-10-28-18)23-19(24-26)21(27)25-12-14-3-1-4-15(11-14)13-25/h2,5-10,14-15H,1,3-4,11-13H2. The van der Waals surface area contributed by atoms with Crippen molar-refractivity contribution >= 4 is 17.2 Å². The molecule has 144 valence electrons. The lowest BCUT2D eigenvalue weighted by molar-refractivity contribution is 0.0493. The van der Waals surface area contributed by atoms with Crippen molar-refractivity contribution < 1.29 is 9.18 Å². The summed E-state index contributed by atoms with van der Waals surface area (Å²) in [4.78, 5) is 20.6. The van der Waals surface area contributed by atoms with Gasteiger partial charge >= 0.3 is 0 Å². The zero-order valence-corrected chi connectivity index (χ0v) is 16.2. The highest BCUT2D eigenvalue weighted by molar-refractivity contribution is 7.13. The lowest BCUT2D eigenvalue weighted by Gasteiger charge is -2.40. The third-order valence-electron chi connectivity index (χ3n) is 5.75. The second-order valence-corrected chi connectivity index (χ2v) is 8.68. The molecule has 2 aromatic heterocycles. The number of nitrogens with zero attached hydrogens (tertiary/aromatic N) is 4. The molecule has 2 aliphatic rings. The van der Waals surface area contributed by atoms with Crippen LogP contribution in [0.4, 0.5) is 4.39 Å². The Hall–Kier alpha value is -2.54. The maximum absolute atomic E-state index is 13.4. The van der Waals surface area contributed by atoms with Gasteiger partial charge in [0.1, 0.15) is 5.82 Å². The first kappa shape index (κ1) is 17.6. The summed E-state index contributed by atoms with van der Waals surface area (Å²) in [7, 11) is 0. The van der Waals surface area contributed by atoms with Crippen LogP contribution in [0.1, 0.15) is 36.3 Å². The topological polar surface area (TPSA) is 51.0 Å². The normalized spacial score (nSPS) is 21.7. The van der Waals surface area contributed by atoms with E-state index >= 15 is 0 Å². The van der Waals surface area contributed by atoms with Gasteiger partial charge in [0.25, 0.3) is 5.91 Å². The van der Waals surface area contributed by atoms with Crippen molar-refractivity contribution in [1.29, 1.82) is 0 Å². The van der Waals surface area contributed by atoms with Gasteiger partial charge in [0.15, 0.2) is 5.82 Å². The molecule has 0 N–H and O–H groups in total. The Labute approximate surface area is 166 Å². The number of carbonyl (C=O) groups is 1. The fourth-order valence-electron chi connectivity index (χ4n) is 4.47. The van der Waals surface area contributed by atoms with Crippen LogP contribution < -0.4 is 0 Å². The number of fused-ring (bicyclic) bond motifs is 2. The van der Waals surface area contributed by atoms with Crippen molar-refractivity contribution in [1.82, 2.24) is 19.7 Å². The number of rotatable bonds is 3. The van der Waals surface area contributed by atoms with Crippen molar-refractivity contribution in [2.24, 2.45) is 11.8 Å². The number of benzene rings is 1. The van der Waals surface area contributed by atoms with Crippen LogP contribution in [-0.2, 0) is 0 Å². The molecule has 3 heterocycles. The molecule has 7 heteroatoms. The molecule has 2 fully saturated rings. The van der Waals surface area contributed by atoms with Gasteiger partial charge in [-0.25, -0.2) is 14.1 Å². The van der Waals surface area contributed by atoms with Crippen LogP contribution in [0.2, 0.25) is 0 Å². The van der Waals surface area contributed by atoms with Crippen LogP contribution in [0.3, 0.4) is 0 Å². The number of amides is 1. The maximum Gasteiger partial charge on any atom is 0.293 e. The highest BCUT2D eigenvalue weighted by Crippen LogP contribution is 2.35. The van der Waals surface area contributed by atoms with Gasteiger partial charge in [-0.1, -0.05) is 12.5 Å². The largest absolute Gasteiger partial charge is 0.335 e. The predicted molar refractivity (Wildman–Crippen MR) is 106 cm³/mol. The Bertz CT molecular complexity index is 971. The van der Waals surface area contributed by atoms with Crippen LogP contribution in [0.25, 0.3) is 16.4 Å². The third kappa shape index (κ3) is 3.24. The van der Waals surface area contributed by atoms with Crippen LogP contribution in [0.15, 0.2) is 41.8 Å². The Balaban J connectivity index is 1.50. The summed E-state index contributed by atoms with van der Waals surface area (Å²) >= 11 is 1.54. The van der Waals surface area contributed by atoms with E-state index in [-0.39, 0.29) is 17.5 Å². The number of carbonyl (C=O) groups excluding carboxylic acids is 1. The summed E-state index contributed by atoms with van der Waals surface area (Å²) in [5.74, 6) is 1.63. The molecular formula is C21H21FN4OS. The second-order valence-electron chi connectivity index (χ2n) is 7.73. The third-order valence-corrected chi connectivity index (χ3v) is 6.61. The predicted octanol–water partition coefficient (Wildman–Crippen LogP) is 4.40. The molecule has 0 spiro atoms. The lowest BCUT2D eigenvalue weighted by atomic mass is 9.78. The number of hydrogen-bond donors (Lipinski definition) is 0. The van der Waals surface area contributed by atoms with Crippen LogP contribution >= 0.6 is 11.3 Å². The number of piperidine rings is 1. The molecule has 1 amide bonds. The van der Waals surface area contributed by atoms with Crippen LogP contribution in [0, 0.1) is 17.7 Å². The SMILES string of the molecule is O=C(c1nc(-c2cccs2)n(-c2ccc(F)cc2)n1)N1CC2CCCC(C2)C1. The fourth-order valence-corrected chi connectivity index (χ4v) is 5.17. The van der Waals surface area contributed by atoms with E-state index in [0.29, 0.717) is 23.3 Å². The number of likely N-dealkylation sites (tertiary alicyclic amines) is 1. The van der Waals surface area contributed by atoms with Crippen molar-refractivity contribution in [3.63, 3.8) is 0 Å². The average molecular weight is 396 g/mol. The Morgan fingerprint density at radius 3 is 2.54 bits per heavy atom. The van der Waals surface area contributed by atoms with Gasteiger partial charge in [-0.15, -0.1) is 16.4 Å². The molecule has 0 radical (unpaired) electrons. The molecule has 1 aliphatic heterocycles. The molecule has 1 aromatic carbocycles. The van der Waals surface area contributed by atoms with Crippen molar-refractivity contribution in [2.75, 3.05) is 13.1 Å². The van der Waals surface area contributed by atoms with E-state index in [1.807, 2.05) is 22.4 Å². The summed E-state index contributed by atoms with van der Waals surface area (Å²) in [5, 5.41) is 6.50. The Kier molecular flexibility index (Phi) is 4.47. The van der Waals surface area contributed by atoms with E-state index < -0.39 is 0 Å². The van der Waals surface area contributed by atoms with Gasteiger partial charge in [0.2, 0.25) is 5.82 Å². The van der Waals surface area contributed by atoms with Gasteiger partial charge in [-0.3, -0.25) is 4.79 Å². The highest BCUT2D eigenvalue weighted by Gasteiger charge is 2.34. The van der Waals surface area contributed by atoms with Gasteiger partial charge in [0.05, 0.1) is 10.6 Å². The van der Waals surface area contributed by atoms with Gasteiger partial charge < -0.3 is 4.90 Å². The monoisotopic (exact) mass is 396 g/mol. The van der Waals surface area contributed by atoms with Crippen LogP contribution in [0.5, 0.6) is 0 Å². The lowest BCUT2D eigenvalue weighted by Crippen LogP contribution is -2.46. The zero-order valence-electron chi connectivity index (χ0n) is 15.4. The minimum absolute atomic E-state index is 0.102. The number of aromatic nitrogens is 3. The molecule has 5 rings (SSSR count).